The van der Waals surface area contributed by atoms with Gasteiger partial charge in [0.2, 0.25) is 0 Å². The molecule has 0 aliphatic rings. The molecule has 1 heterocycles. The molecule has 3 N–H and O–H groups in total. The molecule has 0 bridgehead atoms. The van der Waals surface area contributed by atoms with E-state index in [2.05, 4.69) is 24.0 Å². The first kappa shape index (κ1) is 18.5. The standard InChI is InChI=1S/C21H23F3N2/c1-2-14-6-8-15(9-7-14)20-17(5-3-4-12-25)18-13-16(21(22,23)24)10-11-19(18)26-20/h6-11,13,26H,2-5,12,25H2,1H3. The van der Waals surface area contributed by atoms with Crippen molar-refractivity contribution in [3.05, 3.63) is 59.2 Å². The molecule has 0 atom stereocenters. The van der Waals surface area contributed by atoms with Crippen molar-refractivity contribution >= 4 is 10.9 Å². The van der Waals surface area contributed by atoms with Crippen molar-refractivity contribution in [2.24, 2.45) is 5.73 Å². The van der Waals surface area contributed by atoms with E-state index in [4.69, 9.17) is 5.73 Å². The van der Waals surface area contributed by atoms with Crippen molar-refractivity contribution in [3.63, 3.8) is 0 Å². The Morgan fingerprint density at radius 1 is 1.00 bits per heavy atom. The van der Waals surface area contributed by atoms with Gasteiger partial charge in [0, 0.05) is 16.6 Å². The molecule has 0 aliphatic heterocycles. The molecule has 0 fully saturated rings. The lowest BCUT2D eigenvalue weighted by molar-refractivity contribution is -0.137. The van der Waals surface area contributed by atoms with Gasteiger partial charge >= 0.3 is 6.18 Å². The number of rotatable bonds is 6. The number of fused-ring (bicyclic) bond motifs is 1. The molecule has 0 saturated heterocycles. The highest BCUT2D eigenvalue weighted by Crippen LogP contribution is 2.36. The minimum atomic E-state index is -4.34. The zero-order chi connectivity index (χ0) is 18.7. The molecule has 0 spiro atoms. The van der Waals surface area contributed by atoms with Gasteiger partial charge in [-0.2, -0.15) is 13.2 Å². The lowest BCUT2D eigenvalue weighted by atomic mass is 9.98. The number of nitrogens with two attached hydrogens (primary N) is 1. The van der Waals surface area contributed by atoms with Crippen molar-refractivity contribution in [1.29, 1.82) is 0 Å². The van der Waals surface area contributed by atoms with E-state index in [1.54, 1.807) is 0 Å². The predicted molar refractivity (Wildman–Crippen MR) is 100 cm³/mol. The van der Waals surface area contributed by atoms with Crippen LogP contribution in [0.4, 0.5) is 13.2 Å². The Kier molecular flexibility index (Phi) is 5.37. The molecular weight excluding hydrogens is 337 g/mol. The minimum absolute atomic E-state index is 0.580. The first-order valence-electron chi connectivity index (χ1n) is 8.95. The molecule has 0 unspecified atom stereocenters. The van der Waals surface area contributed by atoms with Crippen LogP contribution in [0.15, 0.2) is 42.5 Å². The number of hydrogen-bond acceptors (Lipinski definition) is 1. The van der Waals surface area contributed by atoms with Gasteiger partial charge in [-0.05, 0) is 67.1 Å². The number of hydrogen-bond donors (Lipinski definition) is 2. The van der Waals surface area contributed by atoms with Crippen LogP contribution in [-0.4, -0.2) is 11.5 Å². The summed E-state index contributed by atoms with van der Waals surface area (Å²) in [5.41, 5.74) is 9.77. The van der Waals surface area contributed by atoms with Crippen LogP contribution in [0.3, 0.4) is 0 Å². The van der Waals surface area contributed by atoms with E-state index in [1.807, 2.05) is 12.1 Å². The lowest BCUT2D eigenvalue weighted by Gasteiger charge is -2.08. The molecule has 3 rings (SSSR count). The number of aryl methyl sites for hydroxylation is 2. The van der Waals surface area contributed by atoms with E-state index in [0.717, 1.165) is 47.7 Å². The summed E-state index contributed by atoms with van der Waals surface area (Å²) in [6.07, 6.45) is -1.00. The summed E-state index contributed by atoms with van der Waals surface area (Å²) < 4.78 is 39.4. The van der Waals surface area contributed by atoms with E-state index in [-0.39, 0.29) is 0 Å². The normalized spacial score (nSPS) is 12.0. The second kappa shape index (κ2) is 7.54. The number of halogens is 3. The topological polar surface area (TPSA) is 41.8 Å². The Hall–Kier alpha value is -2.27. The van der Waals surface area contributed by atoms with E-state index in [1.165, 1.54) is 17.7 Å². The van der Waals surface area contributed by atoms with Crippen LogP contribution in [0.1, 0.15) is 36.5 Å². The first-order chi connectivity index (χ1) is 12.4. The molecular formula is C21H23F3N2. The predicted octanol–water partition coefficient (Wildman–Crippen LogP) is 5.70. The third kappa shape index (κ3) is 3.78. The number of aromatic nitrogens is 1. The number of nitrogens with one attached hydrogen (secondary N) is 1. The fourth-order valence-corrected chi connectivity index (χ4v) is 3.28. The maximum absolute atomic E-state index is 13.1. The number of benzene rings is 2. The van der Waals surface area contributed by atoms with Gasteiger partial charge in [-0.1, -0.05) is 31.2 Å². The van der Waals surface area contributed by atoms with Crippen LogP contribution >= 0.6 is 0 Å². The van der Waals surface area contributed by atoms with Gasteiger partial charge in [-0.15, -0.1) is 0 Å². The van der Waals surface area contributed by atoms with Crippen molar-refractivity contribution < 1.29 is 13.2 Å². The molecule has 26 heavy (non-hydrogen) atoms. The van der Waals surface area contributed by atoms with Crippen LogP contribution in [0, 0.1) is 0 Å². The Morgan fingerprint density at radius 2 is 1.73 bits per heavy atom. The summed E-state index contributed by atoms with van der Waals surface area (Å²) in [6.45, 7) is 2.67. The first-order valence-corrected chi connectivity index (χ1v) is 8.95. The van der Waals surface area contributed by atoms with Crippen LogP contribution in [0.5, 0.6) is 0 Å². The highest BCUT2D eigenvalue weighted by Gasteiger charge is 2.31. The average molecular weight is 360 g/mol. The molecule has 2 aromatic carbocycles. The maximum Gasteiger partial charge on any atom is 0.416 e. The van der Waals surface area contributed by atoms with Crippen molar-refractivity contribution in [3.8, 4) is 11.3 Å². The fourth-order valence-electron chi connectivity index (χ4n) is 3.28. The highest BCUT2D eigenvalue weighted by atomic mass is 19.4. The monoisotopic (exact) mass is 360 g/mol. The Labute approximate surface area is 151 Å². The third-order valence-electron chi connectivity index (χ3n) is 4.77. The van der Waals surface area contributed by atoms with Crippen molar-refractivity contribution in [2.75, 3.05) is 6.54 Å². The SMILES string of the molecule is CCc1ccc(-c2[nH]c3ccc(C(F)(F)F)cc3c2CCCCN)cc1. The summed E-state index contributed by atoms with van der Waals surface area (Å²) in [4.78, 5) is 3.32. The van der Waals surface area contributed by atoms with Gasteiger partial charge in [-0.3, -0.25) is 0 Å². The van der Waals surface area contributed by atoms with Gasteiger partial charge in [0.1, 0.15) is 0 Å². The van der Waals surface area contributed by atoms with E-state index >= 15 is 0 Å². The Balaban J connectivity index is 2.12. The van der Waals surface area contributed by atoms with Gasteiger partial charge in [0.05, 0.1) is 5.56 Å². The smallest absolute Gasteiger partial charge is 0.354 e. The van der Waals surface area contributed by atoms with Gasteiger partial charge < -0.3 is 10.7 Å². The van der Waals surface area contributed by atoms with Gasteiger partial charge in [0.15, 0.2) is 0 Å². The Bertz CT molecular complexity index is 877. The number of H-pyrrole nitrogens is 1. The molecule has 5 heteroatoms. The largest absolute Gasteiger partial charge is 0.416 e. The highest BCUT2D eigenvalue weighted by molar-refractivity contribution is 5.91. The van der Waals surface area contributed by atoms with Gasteiger partial charge in [-0.25, -0.2) is 0 Å². The van der Waals surface area contributed by atoms with E-state index in [0.29, 0.717) is 18.4 Å². The third-order valence-corrected chi connectivity index (χ3v) is 4.77. The number of alkyl halides is 3. The van der Waals surface area contributed by atoms with Crippen molar-refractivity contribution in [1.82, 2.24) is 4.98 Å². The van der Waals surface area contributed by atoms with E-state index in [9.17, 15) is 13.2 Å². The maximum atomic E-state index is 13.1. The number of aromatic amines is 1. The molecule has 0 amide bonds. The second-order valence-corrected chi connectivity index (χ2v) is 6.53. The minimum Gasteiger partial charge on any atom is -0.354 e. The molecule has 0 radical (unpaired) electrons. The fraction of sp³-hybridized carbons (Fsp3) is 0.333. The van der Waals surface area contributed by atoms with Crippen molar-refractivity contribution in [2.45, 2.75) is 38.8 Å². The van der Waals surface area contributed by atoms with E-state index < -0.39 is 11.7 Å². The quantitative estimate of drug-likeness (QED) is 0.544. The second-order valence-electron chi connectivity index (χ2n) is 6.53. The average Bonchev–Trinajstić information content (AvgIpc) is 2.99. The molecule has 138 valence electrons. The van der Waals surface area contributed by atoms with Crippen LogP contribution in [0.25, 0.3) is 22.2 Å². The zero-order valence-electron chi connectivity index (χ0n) is 14.8. The Morgan fingerprint density at radius 3 is 2.35 bits per heavy atom. The summed E-state index contributed by atoms with van der Waals surface area (Å²) in [6, 6.07) is 12.1. The summed E-state index contributed by atoms with van der Waals surface area (Å²) in [5.74, 6) is 0. The molecule has 2 nitrogen and oxygen atoms in total. The molecule has 0 saturated carbocycles. The van der Waals surface area contributed by atoms with Crippen LogP contribution < -0.4 is 5.73 Å². The van der Waals surface area contributed by atoms with Crippen LogP contribution in [-0.2, 0) is 19.0 Å². The molecule has 0 aliphatic carbocycles. The summed E-state index contributed by atoms with van der Waals surface area (Å²) in [5, 5.41) is 0.645. The summed E-state index contributed by atoms with van der Waals surface area (Å²) >= 11 is 0. The molecule has 3 aromatic rings. The zero-order valence-corrected chi connectivity index (χ0v) is 14.8. The van der Waals surface area contributed by atoms with Gasteiger partial charge in [0.25, 0.3) is 0 Å². The summed E-state index contributed by atoms with van der Waals surface area (Å²) in [7, 11) is 0. The van der Waals surface area contributed by atoms with Crippen LogP contribution in [0.2, 0.25) is 0 Å². The lowest BCUT2D eigenvalue weighted by Crippen LogP contribution is -2.04. The molecule has 1 aromatic heterocycles. The number of unbranched alkanes of at least 4 members (excludes halogenated alkanes) is 1.